The van der Waals surface area contributed by atoms with Crippen LogP contribution in [0, 0.1) is 0 Å². The average Bonchev–Trinajstić information content (AvgIpc) is 3.53. The van der Waals surface area contributed by atoms with Gasteiger partial charge in [0.1, 0.15) is 6.61 Å². The maximum absolute atomic E-state index is 12.6. The number of halogens is 1. The van der Waals surface area contributed by atoms with Gasteiger partial charge in [-0.25, -0.2) is 0 Å². The summed E-state index contributed by atoms with van der Waals surface area (Å²) in [6.07, 6.45) is 5.81. The number of nitrogens with zero attached hydrogens (tertiary/aromatic N) is 2. The van der Waals surface area contributed by atoms with E-state index in [0.717, 1.165) is 56.3 Å². The molecule has 7 heteroatoms. The molecule has 168 valence electrons. The zero-order valence-electron chi connectivity index (χ0n) is 18.1. The van der Waals surface area contributed by atoms with E-state index in [9.17, 15) is 4.79 Å². The van der Waals surface area contributed by atoms with Crippen molar-refractivity contribution in [2.45, 2.75) is 25.0 Å². The highest BCUT2D eigenvalue weighted by molar-refractivity contribution is 6.34. The van der Waals surface area contributed by atoms with Gasteiger partial charge < -0.3 is 19.1 Å². The van der Waals surface area contributed by atoms with Crippen LogP contribution in [0.3, 0.4) is 0 Å². The minimum absolute atomic E-state index is 0.113. The van der Waals surface area contributed by atoms with Crippen LogP contribution in [0.1, 0.15) is 22.3 Å². The van der Waals surface area contributed by atoms with Gasteiger partial charge in [-0.1, -0.05) is 23.7 Å². The Morgan fingerprint density at radius 3 is 2.91 bits per heavy atom. The number of carbonyl (C=O) groups excluding carboxylic acids is 1. The quantitative estimate of drug-likeness (QED) is 0.444. The number of benzene rings is 2. The topological polar surface area (TPSA) is 51.2 Å². The number of methoxy groups -OCH3 is 1. The summed E-state index contributed by atoms with van der Waals surface area (Å²) < 4.78 is 17.4. The Hall–Kier alpha value is -2.54. The molecule has 5 rings (SSSR count). The number of rotatable bonds is 8. The van der Waals surface area contributed by atoms with Crippen molar-refractivity contribution in [3.05, 3.63) is 64.8 Å². The maximum Gasteiger partial charge on any atom is 0.188 e. The van der Waals surface area contributed by atoms with E-state index in [-0.39, 0.29) is 5.78 Å². The van der Waals surface area contributed by atoms with Crippen LogP contribution in [0.25, 0.3) is 0 Å². The van der Waals surface area contributed by atoms with E-state index in [0.29, 0.717) is 29.3 Å². The predicted octanol–water partition coefficient (Wildman–Crippen LogP) is 3.96. The number of ketones is 1. The fourth-order valence-electron chi connectivity index (χ4n) is 4.78. The average molecular weight is 455 g/mol. The molecule has 0 radical (unpaired) electrons. The molecule has 2 saturated heterocycles. The Labute approximate surface area is 193 Å². The first-order valence-corrected chi connectivity index (χ1v) is 11.4. The van der Waals surface area contributed by atoms with Crippen LogP contribution >= 0.6 is 11.6 Å². The van der Waals surface area contributed by atoms with Crippen molar-refractivity contribution in [1.29, 1.82) is 0 Å². The van der Waals surface area contributed by atoms with E-state index in [4.69, 9.17) is 25.8 Å². The summed E-state index contributed by atoms with van der Waals surface area (Å²) in [5, 5.41) is 0.460. The molecule has 0 saturated carbocycles. The van der Waals surface area contributed by atoms with Crippen molar-refractivity contribution in [2.24, 2.45) is 0 Å². The van der Waals surface area contributed by atoms with Crippen molar-refractivity contribution in [2.75, 3.05) is 44.9 Å². The van der Waals surface area contributed by atoms with Crippen LogP contribution in [-0.4, -0.2) is 62.8 Å². The summed E-state index contributed by atoms with van der Waals surface area (Å²) in [6, 6.07) is 11.7. The van der Waals surface area contributed by atoms with Crippen molar-refractivity contribution in [3.8, 4) is 11.5 Å². The third-order valence-electron chi connectivity index (χ3n) is 6.49. The Morgan fingerprint density at radius 2 is 2.16 bits per heavy atom. The van der Waals surface area contributed by atoms with Gasteiger partial charge in [0.2, 0.25) is 0 Å². The molecular formula is C25H27ClN2O4. The fraction of sp³-hybridized carbons (Fsp3) is 0.400. The second-order valence-electron chi connectivity index (χ2n) is 8.42. The van der Waals surface area contributed by atoms with Crippen molar-refractivity contribution >= 4 is 23.1 Å². The van der Waals surface area contributed by atoms with Gasteiger partial charge in [0.05, 0.1) is 24.8 Å². The number of morpholine rings is 1. The van der Waals surface area contributed by atoms with Gasteiger partial charge in [0.25, 0.3) is 0 Å². The van der Waals surface area contributed by atoms with Crippen molar-refractivity contribution in [1.82, 2.24) is 4.90 Å². The normalized spacial score (nSPS) is 22.0. The lowest BCUT2D eigenvalue weighted by Crippen LogP contribution is -2.39. The molecule has 2 bridgehead atoms. The first kappa shape index (κ1) is 21.3. The number of ether oxygens (including phenoxy) is 3. The van der Waals surface area contributed by atoms with Crippen molar-refractivity contribution < 1.29 is 19.0 Å². The molecule has 2 atom stereocenters. The Balaban J connectivity index is 1.27. The SMILES string of the molecule is COc1cc2c(cc1OCCN1CC3CC1CO3)N(C=CC(=O)c1ccccc1Cl)CC2. The van der Waals surface area contributed by atoms with E-state index in [1.807, 2.05) is 30.5 Å². The monoisotopic (exact) mass is 454 g/mol. The minimum atomic E-state index is -0.113. The van der Waals surface area contributed by atoms with Crippen molar-refractivity contribution in [3.63, 3.8) is 0 Å². The zero-order chi connectivity index (χ0) is 22.1. The van der Waals surface area contributed by atoms with Gasteiger partial charge in [0, 0.05) is 55.3 Å². The van der Waals surface area contributed by atoms with E-state index in [2.05, 4.69) is 9.80 Å². The van der Waals surface area contributed by atoms with Crippen LogP contribution in [-0.2, 0) is 11.2 Å². The standard InChI is InChI=1S/C25H27ClN2O4/c1-30-24-12-17-6-8-27(9-7-23(29)20-4-2-3-5-21(20)26)22(17)14-25(24)31-11-10-28-15-19-13-18(28)16-32-19/h2-5,7,9,12,14,18-19H,6,8,10-11,13,15-16H2,1H3. The second kappa shape index (κ2) is 9.14. The van der Waals surface area contributed by atoms with E-state index < -0.39 is 0 Å². The van der Waals surface area contributed by atoms with Gasteiger partial charge in [0.15, 0.2) is 17.3 Å². The predicted molar refractivity (Wildman–Crippen MR) is 124 cm³/mol. The Kier molecular flexibility index (Phi) is 6.09. The molecule has 0 aliphatic carbocycles. The number of anilines is 1. The fourth-order valence-corrected chi connectivity index (χ4v) is 5.01. The smallest absolute Gasteiger partial charge is 0.188 e. The third-order valence-corrected chi connectivity index (χ3v) is 6.82. The number of hydrogen-bond donors (Lipinski definition) is 0. The van der Waals surface area contributed by atoms with Crippen LogP contribution in [0.5, 0.6) is 11.5 Å². The van der Waals surface area contributed by atoms with Crippen LogP contribution < -0.4 is 14.4 Å². The first-order chi connectivity index (χ1) is 15.6. The van der Waals surface area contributed by atoms with Gasteiger partial charge in [-0.2, -0.15) is 0 Å². The molecular weight excluding hydrogens is 428 g/mol. The van der Waals surface area contributed by atoms with Crippen LogP contribution in [0.15, 0.2) is 48.7 Å². The van der Waals surface area contributed by atoms with Gasteiger partial charge >= 0.3 is 0 Å². The second-order valence-corrected chi connectivity index (χ2v) is 8.83. The summed E-state index contributed by atoms with van der Waals surface area (Å²) in [6.45, 7) is 4.10. The maximum atomic E-state index is 12.6. The molecule has 3 aliphatic heterocycles. The molecule has 3 heterocycles. The minimum Gasteiger partial charge on any atom is -0.493 e. The highest BCUT2D eigenvalue weighted by Gasteiger charge is 2.38. The molecule has 3 aliphatic rings. The zero-order valence-corrected chi connectivity index (χ0v) is 18.9. The van der Waals surface area contributed by atoms with Crippen LogP contribution in [0.4, 0.5) is 5.69 Å². The van der Waals surface area contributed by atoms with Crippen LogP contribution in [0.2, 0.25) is 5.02 Å². The highest BCUT2D eigenvalue weighted by Crippen LogP contribution is 2.39. The van der Waals surface area contributed by atoms with E-state index in [1.54, 1.807) is 25.3 Å². The Bertz CT molecular complexity index is 1040. The summed E-state index contributed by atoms with van der Waals surface area (Å²) in [5.74, 6) is 1.36. The lowest BCUT2D eigenvalue weighted by atomic mass is 10.1. The van der Waals surface area contributed by atoms with Gasteiger partial charge in [-0.05, 0) is 36.6 Å². The molecule has 0 aromatic heterocycles. The van der Waals surface area contributed by atoms with Gasteiger partial charge in [-0.15, -0.1) is 0 Å². The lowest BCUT2D eigenvalue weighted by Gasteiger charge is -2.26. The molecule has 6 nitrogen and oxygen atoms in total. The molecule has 0 spiro atoms. The molecule has 2 aromatic carbocycles. The summed E-state index contributed by atoms with van der Waals surface area (Å²) >= 11 is 6.16. The molecule has 2 unspecified atom stereocenters. The summed E-state index contributed by atoms with van der Waals surface area (Å²) in [5.41, 5.74) is 2.72. The molecule has 2 fully saturated rings. The van der Waals surface area contributed by atoms with Gasteiger partial charge in [-0.3, -0.25) is 9.69 Å². The largest absolute Gasteiger partial charge is 0.493 e. The Morgan fingerprint density at radius 1 is 1.28 bits per heavy atom. The van der Waals surface area contributed by atoms with E-state index >= 15 is 0 Å². The third kappa shape index (κ3) is 4.22. The van der Waals surface area contributed by atoms with E-state index in [1.165, 1.54) is 5.56 Å². The number of allylic oxidation sites excluding steroid dienone is 1. The number of fused-ring (bicyclic) bond motifs is 3. The lowest BCUT2D eigenvalue weighted by molar-refractivity contribution is 0.0257. The highest BCUT2D eigenvalue weighted by atomic mass is 35.5. The molecule has 0 N–H and O–H groups in total. The molecule has 0 amide bonds. The number of hydrogen-bond acceptors (Lipinski definition) is 6. The molecule has 2 aromatic rings. The number of likely N-dealkylation sites (tertiary alicyclic amines) is 1. The number of carbonyl (C=O) groups is 1. The molecule has 32 heavy (non-hydrogen) atoms. The first-order valence-electron chi connectivity index (χ1n) is 11.1. The summed E-state index contributed by atoms with van der Waals surface area (Å²) in [7, 11) is 1.67. The summed E-state index contributed by atoms with van der Waals surface area (Å²) in [4.78, 5) is 17.1.